The van der Waals surface area contributed by atoms with Crippen LogP contribution in [0.3, 0.4) is 0 Å². The van der Waals surface area contributed by atoms with Crippen LogP contribution < -0.4 is 15.3 Å². The number of para-hydroxylation sites is 1. The van der Waals surface area contributed by atoms with E-state index in [0.717, 1.165) is 5.56 Å². The summed E-state index contributed by atoms with van der Waals surface area (Å²) in [7, 11) is -4.17. The van der Waals surface area contributed by atoms with Crippen molar-refractivity contribution in [2.75, 3.05) is 12.3 Å². The maximum absolute atomic E-state index is 13.8. The molecule has 1 aliphatic heterocycles. The summed E-state index contributed by atoms with van der Waals surface area (Å²) < 4.78 is 51.5. The number of aromatic nitrogens is 4. The molecule has 13 nitrogen and oxygen atoms in total. The minimum Gasteiger partial charge on any atom is -0.460 e. The standard InChI is InChI=1S/C26H28FN6O7P/c1-16(25(35)37-13-17-8-4-2-5-9-17)32-41(36,40-18-10-6-3-7-11-18)38-14-19-12-20(34)24(39-19)33-15-29-21-22(28)30-26(27)31-23(21)33/h2-11,15-16,19-20,24,34H,12-14H2,1H3,(H,32,36)(H2,28,30,31)/t16-,19-,20?,24+,41?/m0/s1. The van der Waals surface area contributed by atoms with E-state index >= 15 is 0 Å². The zero-order chi connectivity index (χ0) is 29.0. The molecule has 1 fully saturated rings. The average molecular weight is 587 g/mol. The van der Waals surface area contributed by atoms with Crippen LogP contribution in [0.4, 0.5) is 10.2 Å². The van der Waals surface area contributed by atoms with Crippen LogP contribution in [0.15, 0.2) is 67.0 Å². The fraction of sp³-hybridized carbons (Fsp3) is 0.308. The van der Waals surface area contributed by atoms with Crippen LogP contribution in [-0.2, 0) is 30.0 Å². The summed E-state index contributed by atoms with van der Waals surface area (Å²) in [5.74, 6) is -0.579. The third-order valence-corrected chi connectivity index (χ3v) is 7.83. The topological polar surface area (TPSA) is 173 Å². The lowest BCUT2D eigenvalue weighted by Crippen LogP contribution is -2.35. The first-order valence-corrected chi connectivity index (χ1v) is 14.2. The molecule has 41 heavy (non-hydrogen) atoms. The van der Waals surface area contributed by atoms with E-state index in [1.54, 1.807) is 30.3 Å². The van der Waals surface area contributed by atoms with E-state index in [-0.39, 0.29) is 42.4 Å². The number of rotatable bonds is 11. The van der Waals surface area contributed by atoms with Crippen molar-refractivity contribution in [3.8, 4) is 5.75 Å². The number of halogens is 1. The van der Waals surface area contributed by atoms with Gasteiger partial charge in [0.05, 0.1) is 19.0 Å². The molecule has 3 heterocycles. The summed E-state index contributed by atoms with van der Waals surface area (Å²) in [5.41, 5.74) is 6.72. The first-order valence-electron chi connectivity index (χ1n) is 12.7. The zero-order valence-corrected chi connectivity index (χ0v) is 22.8. The lowest BCUT2D eigenvalue weighted by atomic mass is 10.2. The van der Waals surface area contributed by atoms with Crippen molar-refractivity contribution in [2.45, 2.75) is 44.4 Å². The molecule has 4 aromatic rings. The molecule has 0 saturated carbocycles. The van der Waals surface area contributed by atoms with Gasteiger partial charge in [-0.05, 0) is 24.6 Å². The van der Waals surface area contributed by atoms with Crippen molar-refractivity contribution >= 4 is 30.7 Å². The molecule has 0 spiro atoms. The van der Waals surface area contributed by atoms with Crippen molar-refractivity contribution in [1.82, 2.24) is 24.6 Å². The normalized spacial score (nSPS) is 20.9. The molecule has 2 aromatic heterocycles. The Balaban J connectivity index is 1.26. The molecule has 0 aliphatic carbocycles. The largest absolute Gasteiger partial charge is 0.460 e. The number of nitrogens with zero attached hydrogens (tertiary/aromatic N) is 4. The smallest absolute Gasteiger partial charge is 0.459 e. The van der Waals surface area contributed by atoms with Crippen LogP contribution in [0.2, 0.25) is 0 Å². The van der Waals surface area contributed by atoms with Crippen LogP contribution in [0, 0.1) is 6.08 Å². The number of imidazole rings is 1. The van der Waals surface area contributed by atoms with E-state index in [1.807, 2.05) is 30.3 Å². The predicted octanol–water partition coefficient (Wildman–Crippen LogP) is 3.12. The Kier molecular flexibility index (Phi) is 8.57. The van der Waals surface area contributed by atoms with Crippen LogP contribution in [0.1, 0.15) is 25.1 Å². The Morgan fingerprint density at radius 3 is 2.66 bits per heavy atom. The number of hydrogen-bond acceptors (Lipinski definition) is 11. The van der Waals surface area contributed by atoms with Crippen molar-refractivity contribution in [3.63, 3.8) is 0 Å². The van der Waals surface area contributed by atoms with E-state index in [9.17, 15) is 18.9 Å². The summed E-state index contributed by atoms with van der Waals surface area (Å²) >= 11 is 0. The number of nitrogens with two attached hydrogens (primary N) is 1. The Hall–Kier alpha value is -3.94. The minimum absolute atomic E-state index is 0.0367. The quantitative estimate of drug-likeness (QED) is 0.133. The predicted molar refractivity (Wildman–Crippen MR) is 144 cm³/mol. The number of nitrogens with one attached hydrogen (secondary N) is 1. The van der Waals surface area contributed by atoms with E-state index < -0.39 is 44.3 Å². The molecule has 1 saturated heterocycles. The number of ether oxygens (including phenoxy) is 2. The summed E-state index contributed by atoms with van der Waals surface area (Å²) in [6, 6.07) is 16.4. The van der Waals surface area contributed by atoms with Crippen molar-refractivity contribution in [3.05, 3.63) is 78.6 Å². The number of aliphatic hydroxyl groups excluding tert-OH is 1. The highest BCUT2D eigenvalue weighted by Crippen LogP contribution is 2.46. The van der Waals surface area contributed by atoms with Crippen LogP contribution in [-0.4, -0.2) is 55.5 Å². The SMILES string of the molecule is C[C@H](NP(=O)(OC[C@@H]1CC(O)[C@H](n2cnc3c(N)nc(F)nc32)O1)Oc1ccccc1)C(=O)OCc1ccccc1. The third kappa shape index (κ3) is 6.87. The number of carbonyl (C=O) groups excluding carboxylic acids is 1. The number of anilines is 1. The summed E-state index contributed by atoms with van der Waals surface area (Å²) in [5, 5.41) is 13.3. The molecule has 15 heteroatoms. The first kappa shape index (κ1) is 28.6. The van der Waals surface area contributed by atoms with Gasteiger partial charge in [-0.25, -0.2) is 9.55 Å². The van der Waals surface area contributed by atoms with Gasteiger partial charge in [0.2, 0.25) is 0 Å². The van der Waals surface area contributed by atoms with E-state index in [4.69, 9.17) is 24.3 Å². The fourth-order valence-corrected chi connectivity index (χ4v) is 5.74. The van der Waals surface area contributed by atoms with Gasteiger partial charge in [-0.1, -0.05) is 48.5 Å². The van der Waals surface area contributed by atoms with Crippen LogP contribution in [0.5, 0.6) is 5.75 Å². The zero-order valence-electron chi connectivity index (χ0n) is 21.9. The van der Waals surface area contributed by atoms with Crippen molar-refractivity contribution < 1.29 is 37.4 Å². The Bertz CT molecular complexity index is 1540. The van der Waals surface area contributed by atoms with Gasteiger partial charge in [-0.2, -0.15) is 19.4 Å². The van der Waals surface area contributed by atoms with E-state index in [0.29, 0.717) is 0 Å². The van der Waals surface area contributed by atoms with E-state index in [1.165, 1.54) is 17.8 Å². The maximum atomic E-state index is 13.8. The number of aliphatic hydroxyl groups is 1. The highest BCUT2D eigenvalue weighted by Gasteiger charge is 2.39. The average Bonchev–Trinajstić information content (AvgIpc) is 3.54. The molecular weight excluding hydrogens is 558 g/mol. The summed E-state index contributed by atoms with van der Waals surface area (Å²) in [6.45, 7) is 1.23. The van der Waals surface area contributed by atoms with Gasteiger partial charge in [0.15, 0.2) is 23.2 Å². The van der Waals surface area contributed by atoms with E-state index in [2.05, 4.69) is 20.0 Å². The second-order valence-corrected chi connectivity index (χ2v) is 11.0. The molecule has 2 aromatic carbocycles. The molecule has 1 aliphatic rings. The number of hydrogen-bond donors (Lipinski definition) is 3. The Morgan fingerprint density at radius 2 is 1.93 bits per heavy atom. The van der Waals surface area contributed by atoms with Gasteiger partial charge in [0.25, 0.3) is 0 Å². The van der Waals surface area contributed by atoms with Gasteiger partial charge in [0, 0.05) is 6.42 Å². The lowest BCUT2D eigenvalue weighted by molar-refractivity contribution is -0.146. The second kappa shape index (κ2) is 12.3. The highest BCUT2D eigenvalue weighted by molar-refractivity contribution is 7.52. The number of benzene rings is 2. The number of fused-ring (bicyclic) bond motifs is 1. The first-order chi connectivity index (χ1) is 19.7. The highest BCUT2D eigenvalue weighted by atomic mass is 31.2. The molecule has 0 bridgehead atoms. The van der Waals surface area contributed by atoms with Crippen molar-refractivity contribution in [1.29, 1.82) is 0 Å². The molecule has 0 radical (unpaired) electrons. The van der Waals surface area contributed by atoms with Gasteiger partial charge in [-0.15, -0.1) is 0 Å². The second-order valence-electron chi connectivity index (χ2n) is 9.30. The van der Waals surface area contributed by atoms with Crippen LogP contribution >= 0.6 is 7.75 Å². The monoisotopic (exact) mass is 586 g/mol. The molecule has 216 valence electrons. The third-order valence-electron chi connectivity index (χ3n) is 6.19. The lowest BCUT2D eigenvalue weighted by Gasteiger charge is -2.24. The minimum atomic E-state index is -4.17. The molecule has 2 unspecified atom stereocenters. The molecule has 0 amide bonds. The number of esters is 1. The molecular formula is C26H28FN6O7P. The van der Waals surface area contributed by atoms with Crippen molar-refractivity contribution in [2.24, 2.45) is 0 Å². The Labute approximate surface area is 234 Å². The van der Waals surface area contributed by atoms with Gasteiger partial charge >= 0.3 is 19.8 Å². The van der Waals surface area contributed by atoms with Gasteiger partial charge < -0.3 is 24.8 Å². The number of nitrogen functional groups attached to an aromatic ring is 1. The molecule has 5 atom stereocenters. The molecule has 5 rings (SSSR count). The Morgan fingerprint density at radius 1 is 1.22 bits per heavy atom. The number of carbonyl (C=O) groups is 1. The van der Waals surface area contributed by atoms with Gasteiger partial charge in [-0.3, -0.25) is 13.9 Å². The molecule has 4 N–H and O–H groups in total. The maximum Gasteiger partial charge on any atom is 0.459 e. The summed E-state index contributed by atoms with van der Waals surface area (Å²) in [6.07, 6.45) is -2.49. The summed E-state index contributed by atoms with van der Waals surface area (Å²) in [4.78, 5) is 23.9. The fourth-order valence-electron chi connectivity index (χ4n) is 4.22. The van der Waals surface area contributed by atoms with Crippen LogP contribution in [0.25, 0.3) is 11.2 Å². The van der Waals surface area contributed by atoms with Gasteiger partial charge in [0.1, 0.15) is 24.5 Å².